The van der Waals surface area contributed by atoms with Crippen molar-refractivity contribution >= 4 is 5.91 Å². The number of carbonyl (C=O) groups excluding carboxylic acids is 1. The first-order valence-corrected chi connectivity index (χ1v) is 8.33. The summed E-state index contributed by atoms with van der Waals surface area (Å²) in [6.45, 7) is 6.91. The molecule has 0 spiro atoms. The Labute approximate surface area is 132 Å². The molecular weight excluding hydrogens is 274 g/mol. The Morgan fingerprint density at radius 2 is 2.14 bits per heavy atom. The predicted octanol–water partition coefficient (Wildman–Crippen LogP) is 2.16. The van der Waals surface area contributed by atoms with Gasteiger partial charge >= 0.3 is 0 Å². The summed E-state index contributed by atoms with van der Waals surface area (Å²) in [5.74, 6) is 1.63. The fourth-order valence-corrected chi connectivity index (χ4v) is 3.91. The van der Waals surface area contributed by atoms with Crippen LogP contribution in [0.1, 0.15) is 44.4 Å². The van der Waals surface area contributed by atoms with Crippen LogP contribution in [-0.2, 0) is 10.2 Å². The largest absolute Gasteiger partial charge is 0.355 e. The van der Waals surface area contributed by atoms with Crippen LogP contribution in [0.2, 0.25) is 0 Å². The molecule has 0 saturated heterocycles. The number of amides is 1. The second kappa shape index (κ2) is 5.65. The zero-order valence-electron chi connectivity index (χ0n) is 13.8. The first-order valence-electron chi connectivity index (χ1n) is 8.33. The van der Waals surface area contributed by atoms with Crippen molar-refractivity contribution in [2.24, 2.45) is 23.5 Å². The third-order valence-corrected chi connectivity index (χ3v) is 5.55. The number of fused-ring (bicyclic) bond motifs is 1. The third kappa shape index (κ3) is 2.89. The molecule has 4 nitrogen and oxygen atoms in total. The van der Waals surface area contributed by atoms with Gasteiger partial charge in [-0.1, -0.05) is 19.9 Å². The van der Waals surface area contributed by atoms with Crippen LogP contribution in [0.15, 0.2) is 18.3 Å². The molecule has 0 radical (unpaired) electrons. The smallest absolute Gasteiger partial charge is 0.223 e. The molecule has 2 fully saturated rings. The fraction of sp³-hybridized carbons (Fsp3) is 0.667. The van der Waals surface area contributed by atoms with Crippen molar-refractivity contribution in [3.8, 4) is 0 Å². The quantitative estimate of drug-likeness (QED) is 0.895. The summed E-state index contributed by atoms with van der Waals surface area (Å²) in [6.07, 6.45) is 4.98. The van der Waals surface area contributed by atoms with Crippen LogP contribution in [-0.4, -0.2) is 23.5 Å². The number of rotatable bonds is 4. The van der Waals surface area contributed by atoms with Gasteiger partial charge in [0.1, 0.15) is 0 Å². The number of hydrogen-bond donors (Lipinski definition) is 2. The summed E-state index contributed by atoms with van der Waals surface area (Å²) in [7, 11) is 0. The van der Waals surface area contributed by atoms with Crippen LogP contribution >= 0.6 is 0 Å². The van der Waals surface area contributed by atoms with E-state index in [1.165, 1.54) is 0 Å². The number of carbonyl (C=O) groups is 1. The van der Waals surface area contributed by atoms with Gasteiger partial charge in [-0.3, -0.25) is 9.78 Å². The molecule has 2 aliphatic rings. The highest BCUT2D eigenvalue weighted by molar-refractivity contribution is 5.79. The minimum absolute atomic E-state index is 0.155. The van der Waals surface area contributed by atoms with Gasteiger partial charge < -0.3 is 11.1 Å². The maximum Gasteiger partial charge on any atom is 0.223 e. The normalized spacial score (nSPS) is 30.5. The second-order valence-corrected chi connectivity index (χ2v) is 7.81. The molecular formula is C18H27N3O. The Morgan fingerprint density at radius 1 is 1.36 bits per heavy atom. The first-order chi connectivity index (χ1) is 10.4. The van der Waals surface area contributed by atoms with Crippen molar-refractivity contribution in [3.63, 3.8) is 0 Å². The van der Waals surface area contributed by atoms with E-state index in [9.17, 15) is 4.79 Å². The van der Waals surface area contributed by atoms with Gasteiger partial charge in [0.15, 0.2) is 0 Å². The number of nitrogens with one attached hydrogen (secondary N) is 1. The Hall–Kier alpha value is -1.42. The lowest BCUT2D eigenvalue weighted by Gasteiger charge is -2.37. The van der Waals surface area contributed by atoms with E-state index in [0.717, 1.165) is 30.5 Å². The van der Waals surface area contributed by atoms with Crippen molar-refractivity contribution in [1.29, 1.82) is 0 Å². The van der Waals surface area contributed by atoms with Crippen molar-refractivity contribution in [2.75, 3.05) is 6.54 Å². The van der Waals surface area contributed by atoms with E-state index in [-0.39, 0.29) is 17.2 Å². The molecule has 1 amide bonds. The Kier molecular flexibility index (Phi) is 3.98. The fourth-order valence-electron chi connectivity index (χ4n) is 3.91. The molecule has 1 aromatic heterocycles. The molecule has 3 N–H and O–H groups in total. The number of pyridine rings is 1. The van der Waals surface area contributed by atoms with Crippen LogP contribution in [0, 0.1) is 24.7 Å². The zero-order chi connectivity index (χ0) is 15.9. The number of aromatic nitrogens is 1. The lowest BCUT2D eigenvalue weighted by molar-refractivity contribution is -0.125. The van der Waals surface area contributed by atoms with Gasteiger partial charge in [-0.2, -0.15) is 0 Å². The Morgan fingerprint density at radius 3 is 2.73 bits per heavy atom. The summed E-state index contributed by atoms with van der Waals surface area (Å²) in [5, 5.41) is 3.14. The molecule has 2 aliphatic carbocycles. The SMILES string of the molecule is Cc1ccc(C(C)(C)CNC(=O)C2CC3CC(N)C3C2)nc1. The van der Waals surface area contributed by atoms with E-state index in [1.807, 2.05) is 13.1 Å². The molecule has 4 heteroatoms. The highest BCUT2D eigenvalue weighted by atomic mass is 16.1. The molecule has 0 bridgehead atoms. The monoisotopic (exact) mass is 301 g/mol. The molecule has 3 rings (SSSR count). The summed E-state index contributed by atoms with van der Waals surface area (Å²) < 4.78 is 0. The maximum absolute atomic E-state index is 12.4. The number of hydrogen-bond acceptors (Lipinski definition) is 3. The highest BCUT2D eigenvalue weighted by Crippen LogP contribution is 2.48. The van der Waals surface area contributed by atoms with Crippen LogP contribution in [0.4, 0.5) is 0 Å². The van der Waals surface area contributed by atoms with Gasteiger partial charge in [-0.05, 0) is 49.7 Å². The Bertz CT molecular complexity index is 552. The van der Waals surface area contributed by atoms with Crippen molar-refractivity contribution in [2.45, 2.75) is 51.5 Å². The summed E-state index contributed by atoms with van der Waals surface area (Å²) in [6, 6.07) is 4.45. The molecule has 22 heavy (non-hydrogen) atoms. The topological polar surface area (TPSA) is 68.0 Å². The van der Waals surface area contributed by atoms with Crippen molar-refractivity contribution < 1.29 is 4.79 Å². The predicted molar refractivity (Wildman–Crippen MR) is 87.3 cm³/mol. The van der Waals surface area contributed by atoms with Crippen LogP contribution < -0.4 is 11.1 Å². The van der Waals surface area contributed by atoms with Gasteiger partial charge in [0.25, 0.3) is 0 Å². The van der Waals surface area contributed by atoms with Crippen LogP contribution in [0.5, 0.6) is 0 Å². The van der Waals surface area contributed by atoms with Gasteiger partial charge in [0.05, 0.1) is 0 Å². The van der Waals surface area contributed by atoms with Gasteiger partial charge in [-0.15, -0.1) is 0 Å². The molecule has 1 heterocycles. The zero-order valence-corrected chi connectivity index (χ0v) is 13.8. The molecule has 120 valence electrons. The number of nitrogens with zero attached hydrogens (tertiary/aromatic N) is 1. The summed E-state index contributed by atoms with van der Waals surface area (Å²) >= 11 is 0. The van der Waals surface area contributed by atoms with Crippen molar-refractivity contribution in [3.05, 3.63) is 29.6 Å². The van der Waals surface area contributed by atoms with Gasteiger partial charge in [-0.25, -0.2) is 0 Å². The van der Waals surface area contributed by atoms with E-state index in [4.69, 9.17) is 5.73 Å². The molecule has 1 aromatic rings. The average Bonchev–Trinajstić information content (AvgIpc) is 2.83. The van der Waals surface area contributed by atoms with E-state index in [1.54, 1.807) is 0 Å². The standard InChI is InChI=1S/C18H27N3O/c1-11-4-5-16(20-9-11)18(2,3)10-21-17(22)13-6-12-8-15(19)14(12)7-13/h4-5,9,12-15H,6-8,10,19H2,1-3H3,(H,21,22). The van der Waals surface area contributed by atoms with Crippen LogP contribution in [0.25, 0.3) is 0 Å². The minimum atomic E-state index is -0.155. The van der Waals surface area contributed by atoms with Gasteiger partial charge in [0.2, 0.25) is 5.91 Å². The number of aryl methyl sites for hydroxylation is 1. The molecule has 4 unspecified atom stereocenters. The number of nitrogens with two attached hydrogens (primary N) is 1. The third-order valence-electron chi connectivity index (χ3n) is 5.55. The maximum atomic E-state index is 12.4. The van der Waals surface area contributed by atoms with E-state index >= 15 is 0 Å². The van der Waals surface area contributed by atoms with Gasteiger partial charge in [0, 0.05) is 35.8 Å². The van der Waals surface area contributed by atoms with Crippen molar-refractivity contribution in [1.82, 2.24) is 10.3 Å². The Balaban J connectivity index is 1.55. The van der Waals surface area contributed by atoms with Crippen LogP contribution in [0.3, 0.4) is 0 Å². The summed E-state index contributed by atoms with van der Waals surface area (Å²) in [4.78, 5) is 16.9. The second-order valence-electron chi connectivity index (χ2n) is 7.81. The van der Waals surface area contributed by atoms with E-state index < -0.39 is 0 Å². The molecule has 0 aliphatic heterocycles. The highest BCUT2D eigenvalue weighted by Gasteiger charge is 2.47. The molecule has 4 atom stereocenters. The lowest BCUT2D eigenvalue weighted by atomic mass is 9.72. The molecule has 2 saturated carbocycles. The summed E-state index contributed by atoms with van der Waals surface area (Å²) in [5.41, 5.74) is 8.04. The lowest BCUT2D eigenvalue weighted by Crippen LogP contribution is -2.44. The average molecular weight is 301 g/mol. The first kappa shape index (κ1) is 15.5. The van der Waals surface area contributed by atoms with E-state index in [0.29, 0.717) is 24.4 Å². The molecule has 0 aromatic carbocycles. The van der Waals surface area contributed by atoms with E-state index in [2.05, 4.69) is 36.3 Å². The minimum Gasteiger partial charge on any atom is -0.355 e.